The maximum absolute atomic E-state index is 12.4. The van der Waals surface area contributed by atoms with Crippen molar-refractivity contribution in [2.45, 2.75) is 38.5 Å². The molecule has 1 aliphatic carbocycles. The molecule has 0 saturated heterocycles. The number of hydrogen-bond donors (Lipinski definition) is 0. The number of hydrogen-bond acceptors (Lipinski definition) is 4. The Hall–Kier alpha value is -1.78. The smallest absolute Gasteiger partial charge is 0.325 e. The molecule has 20 heavy (non-hydrogen) atoms. The van der Waals surface area contributed by atoms with E-state index in [1.54, 1.807) is 11.8 Å². The number of ether oxygens (including phenoxy) is 1. The molecule has 3 rings (SSSR count). The second kappa shape index (κ2) is 4.96. The Balaban J connectivity index is 1.80. The first-order valence-electron chi connectivity index (χ1n) is 7.18. The molecule has 1 fully saturated rings. The molecule has 0 radical (unpaired) electrons. The first-order chi connectivity index (χ1) is 9.60. The Morgan fingerprint density at radius 3 is 2.90 bits per heavy atom. The maximum Gasteiger partial charge on any atom is 0.325 e. The predicted octanol–water partition coefficient (Wildman–Crippen LogP) is 2.28. The highest BCUT2D eigenvalue weighted by Gasteiger charge is 2.37. The molecule has 1 atom stereocenters. The van der Waals surface area contributed by atoms with E-state index in [1.165, 1.54) is 0 Å². The first kappa shape index (κ1) is 13.2. The van der Waals surface area contributed by atoms with Gasteiger partial charge >= 0.3 is 5.97 Å². The number of carbonyl (C=O) groups is 2. The van der Waals surface area contributed by atoms with Crippen LogP contribution in [0.4, 0.5) is 0 Å². The van der Waals surface area contributed by atoms with E-state index < -0.39 is 0 Å². The van der Waals surface area contributed by atoms with E-state index in [2.05, 4.69) is 0 Å². The lowest BCUT2D eigenvalue weighted by atomic mass is 9.98. The summed E-state index contributed by atoms with van der Waals surface area (Å²) >= 11 is 0. The van der Waals surface area contributed by atoms with Crippen LogP contribution in [-0.2, 0) is 9.53 Å². The van der Waals surface area contributed by atoms with Crippen LogP contribution in [0.1, 0.15) is 60.4 Å². The van der Waals surface area contributed by atoms with Gasteiger partial charge < -0.3 is 14.1 Å². The summed E-state index contributed by atoms with van der Waals surface area (Å²) in [7, 11) is 0. The van der Waals surface area contributed by atoms with Crippen molar-refractivity contribution in [2.75, 3.05) is 19.7 Å². The molecule has 1 aliphatic heterocycles. The third-order valence-electron chi connectivity index (χ3n) is 3.84. The molecule has 1 saturated carbocycles. The van der Waals surface area contributed by atoms with Gasteiger partial charge in [-0.1, -0.05) is 6.92 Å². The van der Waals surface area contributed by atoms with Crippen molar-refractivity contribution in [3.63, 3.8) is 0 Å². The van der Waals surface area contributed by atoms with Crippen molar-refractivity contribution in [3.05, 3.63) is 23.2 Å². The molecular formula is C15H19NO4. The number of furan rings is 1. The topological polar surface area (TPSA) is 59.8 Å². The van der Waals surface area contributed by atoms with Gasteiger partial charge in [-0.15, -0.1) is 0 Å². The minimum absolute atomic E-state index is 0.0143. The lowest BCUT2D eigenvalue weighted by molar-refractivity contribution is -0.143. The normalized spacial score (nSPS) is 21.8. The van der Waals surface area contributed by atoms with E-state index >= 15 is 0 Å². The zero-order valence-corrected chi connectivity index (χ0v) is 11.8. The van der Waals surface area contributed by atoms with E-state index in [9.17, 15) is 9.59 Å². The van der Waals surface area contributed by atoms with Crippen molar-refractivity contribution >= 4 is 11.9 Å². The van der Waals surface area contributed by atoms with Gasteiger partial charge in [-0.25, -0.2) is 0 Å². The summed E-state index contributed by atoms with van der Waals surface area (Å²) in [6, 6.07) is 1.86. The Kier molecular flexibility index (Phi) is 3.28. The van der Waals surface area contributed by atoms with E-state index in [0.717, 1.165) is 24.4 Å². The predicted molar refractivity (Wildman–Crippen MR) is 71.6 cm³/mol. The van der Waals surface area contributed by atoms with Crippen molar-refractivity contribution in [3.8, 4) is 0 Å². The molecular weight excluding hydrogens is 258 g/mol. The van der Waals surface area contributed by atoms with Crippen LogP contribution >= 0.6 is 0 Å². The summed E-state index contributed by atoms with van der Waals surface area (Å²) in [6.45, 7) is 4.63. The van der Waals surface area contributed by atoms with Crippen LogP contribution in [0.15, 0.2) is 10.5 Å². The maximum atomic E-state index is 12.4. The van der Waals surface area contributed by atoms with E-state index in [0.29, 0.717) is 24.6 Å². The largest absolute Gasteiger partial charge is 0.465 e. The molecule has 1 amide bonds. The van der Waals surface area contributed by atoms with Crippen LogP contribution < -0.4 is 0 Å². The lowest BCUT2D eigenvalue weighted by Crippen LogP contribution is -2.42. The summed E-state index contributed by atoms with van der Waals surface area (Å²) in [5.74, 6) is 1.82. The van der Waals surface area contributed by atoms with Gasteiger partial charge in [0.05, 0.1) is 12.2 Å². The molecule has 1 aromatic heterocycles. The zero-order valence-electron chi connectivity index (χ0n) is 11.8. The highest BCUT2D eigenvalue weighted by molar-refractivity contribution is 5.98. The molecule has 1 aromatic rings. The Morgan fingerprint density at radius 1 is 1.50 bits per heavy atom. The SMILES string of the molecule is CCOC(=O)CN1CC(C)c2oc(C3CC3)cc2C1=O. The fourth-order valence-corrected chi connectivity index (χ4v) is 2.69. The third-order valence-corrected chi connectivity index (χ3v) is 3.84. The second-order valence-electron chi connectivity index (χ2n) is 5.59. The average molecular weight is 277 g/mol. The fraction of sp³-hybridized carbons (Fsp3) is 0.600. The van der Waals surface area contributed by atoms with Crippen LogP contribution in [0.2, 0.25) is 0 Å². The average Bonchev–Trinajstić information content (AvgIpc) is 3.15. The first-order valence-corrected chi connectivity index (χ1v) is 7.18. The van der Waals surface area contributed by atoms with Crippen LogP contribution in [-0.4, -0.2) is 36.5 Å². The summed E-state index contributed by atoms with van der Waals surface area (Å²) in [4.78, 5) is 25.5. The lowest BCUT2D eigenvalue weighted by Gasteiger charge is -2.28. The quantitative estimate of drug-likeness (QED) is 0.792. The van der Waals surface area contributed by atoms with Crippen LogP contribution in [0.5, 0.6) is 0 Å². The Morgan fingerprint density at radius 2 is 2.25 bits per heavy atom. The van der Waals surface area contributed by atoms with Crippen molar-refractivity contribution < 1.29 is 18.7 Å². The van der Waals surface area contributed by atoms with Gasteiger partial charge in [-0.2, -0.15) is 0 Å². The highest BCUT2D eigenvalue weighted by atomic mass is 16.5. The number of nitrogens with zero attached hydrogens (tertiary/aromatic N) is 1. The molecule has 2 heterocycles. The zero-order chi connectivity index (χ0) is 14.3. The van der Waals surface area contributed by atoms with Crippen molar-refractivity contribution in [1.29, 1.82) is 0 Å². The summed E-state index contributed by atoms with van der Waals surface area (Å²) in [5, 5.41) is 0. The fourth-order valence-electron chi connectivity index (χ4n) is 2.69. The summed E-state index contributed by atoms with van der Waals surface area (Å²) < 4.78 is 10.8. The Bertz CT molecular complexity index is 544. The number of esters is 1. The van der Waals surface area contributed by atoms with E-state index in [-0.39, 0.29) is 24.3 Å². The van der Waals surface area contributed by atoms with Gasteiger partial charge in [-0.3, -0.25) is 9.59 Å². The molecule has 5 heteroatoms. The standard InChI is InChI=1S/C15H19NO4/c1-3-19-13(17)8-16-7-9(2)14-11(15(16)18)6-12(20-14)10-4-5-10/h6,9-10H,3-5,7-8H2,1-2H3. The van der Waals surface area contributed by atoms with Gasteiger partial charge in [0, 0.05) is 18.4 Å². The minimum Gasteiger partial charge on any atom is -0.465 e. The van der Waals surface area contributed by atoms with Gasteiger partial charge in [0.15, 0.2) is 0 Å². The molecule has 5 nitrogen and oxygen atoms in total. The van der Waals surface area contributed by atoms with Crippen molar-refractivity contribution in [2.24, 2.45) is 0 Å². The van der Waals surface area contributed by atoms with Gasteiger partial charge in [0.2, 0.25) is 0 Å². The third kappa shape index (κ3) is 2.32. The number of amides is 1. The molecule has 0 aromatic carbocycles. The van der Waals surface area contributed by atoms with E-state index in [1.807, 2.05) is 13.0 Å². The van der Waals surface area contributed by atoms with Crippen LogP contribution in [0, 0.1) is 0 Å². The molecule has 1 unspecified atom stereocenters. The monoisotopic (exact) mass is 277 g/mol. The van der Waals surface area contributed by atoms with Crippen molar-refractivity contribution in [1.82, 2.24) is 4.90 Å². The molecule has 108 valence electrons. The highest BCUT2D eigenvalue weighted by Crippen LogP contribution is 2.43. The molecule has 0 spiro atoms. The van der Waals surface area contributed by atoms with Gasteiger partial charge in [0.1, 0.15) is 18.1 Å². The number of fused-ring (bicyclic) bond motifs is 1. The van der Waals surface area contributed by atoms with Gasteiger partial charge in [-0.05, 0) is 25.8 Å². The number of rotatable bonds is 4. The van der Waals surface area contributed by atoms with Crippen LogP contribution in [0.25, 0.3) is 0 Å². The minimum atomic E-state index is -0.359. The summed E-state index contributed by atoms with van der Waals surface area (Å²) in [6.07, 6.45) is 2.28. The Labute approximate surface area is 117 Å². The van der Waals surface area contributed by atoms with Crippen LogP contribution in [0.3, 0.4) is 0 Å². The van der Waals surface area contributed by atoms with E-state index in [4.69, 9.17) is 9.15 Å². The number of carbonyl (C=O) groups excluding carboxylic acids is 2. The van der Waals surface area contributed by atoms with Gasteiger partial charge in [0.25, 0.3) is 5.91 Å². The molecule has 0 N–H and O–H groups in total. The summed E-state index contributed by atoms with van der Waals surface area (Å²) in [5.41, 5.74) is 0.620. The molecule has 2 aliphatic rings. The molecule has 0 bridgehead atoms. The second-order valence-corrected chi connectivity index (χ2v) is 5.59.